The van der Waals surface area contributed by atoms with Crippen LogP contribution in [-0.2, 0) is 22.7 Å². The molecule has 1 saturated carbocycles. The van der Waals surface area contributed by atoms with Crippen LogP contribution in [0, 0.1) is 5.92 Å². The summed E-state index contributed by atoms with van der Waals surface area (Å²) >= 11 is 0. The van der Waals surface area contributed by atoms with Crippen molar-refractivity contribution in [3.8, 4) is 5.75 Å². The van der Waals surface area contributed by atoms with Gasteiger partial charge >= 0.3 is 0 Å². The molecule has 1 saturated heterocycles. The Labute approximate surface area is 159 Å². The second kappa shape index (κ2) is 7.82. The van der Waals surface area contributed by atoms with E-state index in [4.69, 9.17) is 4.74 Å². The molecule has 1 atom stereocenters. The lowest BCUT2D eigenvalue weighted by Gasteiger charge is -2.16. The van der Waals surface area contributed by atoms with Gasteiger partial charge in [-0.25, -0.2) is 0 Å². The van der Waals surface area contributed by atoms with E-state index in [1.54, 1.807) is 0 Å². The molecule has 5 nitrogen and oxygen atoms in total. The molecule has 0 spiro atoms. The van der Waals surface area contributed by atoms with E-state index < -0.39 is 0 Å². The van der Waals surface area contributed by atoms with Crippen LogP contribution in [0.3, 0.4) is 0 Å². The zero-order valence-corrected chi connectivity index (χ0v) is 15.3. The van der Waals surface area contributed by atoms with Gasteiger partial charge in [0.25, 0.3) is 0 Å². The first-order chi connectivity index (χ1) is 13.2. The van der Waals surface area contributed by atoms with Gasteiger partial charge in [0.1, 0.15) is 12.4 Å². The predicted octanol–water partition coefficient (Wildman–Crippen LogP) is 2.89. The number of rotatable bonds is 7. The lowest BCUT2D eigenvalue weighted by molar-refractivity contribution is -0.129. The molecule has 2 aliphatic rings. The minimum atomic E-state index is -0.231. The molecule has 0 unspecified atom stereocenters. The lowest BCUT2D eigenvalue weighted by atomic mass is 10.1. The molecule has 1 aliphatic heterocycles. The van der Waals surface area contributed by atoms with E-state index in [0.29, 0.717) is 32.2 Å². The molecule has 5 heteroatoms. The van der Waals surface area contributed by atoms with Crippen molar-refractivity contribution in [2.24, 2.45) is 5.92 Å². The summed E-state index contributed by atoms with van der Waals surface area (Å²) in [4.78, 5) is 26.5. The smallest absolute Gasteiger partial charge is 0.225 e. The number of nitrogens with one attached hydrogen (secondary N) is 1. The first-order valence-corrected chi connectivity index (χ1v) is 9.52. The number of hydrogen-bond donors (Lipinski definition) is 1. The summed E-state index contributed by atoms with van der Waals surface area (Å²) in [6.07, 6.45) is 2.49. The Balaban J connectivity index is 1.33. The fourth-order valence-corrected chi connectivity index (χ4v) is 3.52. The van der Waals surface area contributed by atoms with Gasteiger partial charge in [0.2, 0.25) is 11.8 Å². The van der Waals surface area contributed by atoms with Gasteiger partial charge in [-0.1, -0.05) is 42.5 Å². The first kappa shape index (κ1) is 17.6. The van der Waals surface area contributed by atoms with E-state index >= 15 is 0 Å². The highest BCUT2D eigenvalue weighted by atomic mass is 16.5. The molecule has 2 fully saturated rings. The van der Waals surface area contributed by atoms with E-state index in [9.17, 15) is 9.59 Å². The van der Waals surface area contributed by atoms with E-state index in [1.165, 1.54) is 0 Å². The molecule has 1 aliphatic carbocycles. The number of carbonyl (C=O) groups excluding carboxylic acids is 2. The molecule has 4 rings (SSSR count). The van der Waals surface area contributed by atoms with E-state index in [1.807, 2.05) is 59.5 Å². The average molecular weight is 364 g/mol. The Hall–Kier alpha value is -2.82. The summed E-state index contributed by atoms with van der Waals surface area (Å²) in [5, 5.41) is 3.01. The van der Waals surface area contributed by atoms with Crippen molar-refractivity contribution in [1.29, 1.82) is 0 Å². The molecule has 27 heavy (non-hydrogen) atoms. The van der Waals surface area contributed by atoms with Crippen LogP contribution in [0.2, 0.25) is 0 Å². The molecule has 2 aromatic rings. The maximum absolute atomic E-state index is 12.5. The molecule has 0 bridgehead atoms. The molecule has 2 amide bonds. The fraction of sp³-hybridized carbons (Fsp3) is 0.364. The van der Waals surface area contributed by atoms with Gasteiger partial charge in [0.15, 0.2) is 0 Å². The van der Waals surface area contributed by atoms with E-state index in [-0.39, 0.29) is 17.7 Å². The standard InChI is InChI=1S/C22H24N2O3/c25-21-12-18(14-24(21)19-10-11-19)22(26)23-13-16-6-4-5-7-17(16)15-27-20-8-2-1-3-9-20/h1-9,18-19H,10-15H2,(H,23,26)/t18-/m1/s1. The maximum atomic E-state index is 12.5. The molecule has 1 heterocycles. The molecular weight excluding hydrogens is 340 g/mol. The second-order valence-electron chi connectivity index (χ2n) is 7.27. The zero-order valence-electron chi connectivity index (χ0n) is 15.3. The monoisotopic (exact) mass is 364 g/mol. The molecule has 0 radical (unpaired) electrons. The number of ether oxygens (including phenoxy) is 1. The minimum Gasteiger partial charge on any atom is -0.489 e. The Morgan fingerprint density at radius 2 is 1.74 bits per heavy atom. The molecule has 0 aromatic heterocycles. The second-order valence-corrected chi connectivity index (χ2v) is 7.27. The number of amides is 2. The lowest BCUT2D eigenvalue weighted by Crippen LogP contribution is -2.33. The van der Waals surface area contributed by atoms with Crippen LogP contribution in [0.5, 0.6) is 5.75 Å². The van der Waals surface area contributed by atoms with Crippen molar-refractivity contribution in [3.63, 3.8) is 0 Å². The Morgan fingerprint density at radius 3 is 2.48 bits per heavy atom. The number of nitrogens with zero attached hydrogens (tertiary/aromatic N) is 1. The summed E-state index contributed by atoms with van der Waals surface area (Å²) in [6, 6.07) is 18.0. The number of carbonyl (C=O) groups is 2. The van der Waals surface area contributed by atoms with Crippen molar-refractivity contribution in [2.75, 3.05) is 6.54 Å². The third-order valence-electron chi connectivity index (χ3n) is 5.23. The van der Waals surface area contributed by atoms with Crippen molar-refractivity contribution >= 4 is 11.8 Å². The molecule has 1 N–H and O–H groups in total. The van der Waals surface area contributed by atoms with Crippen LogP contribution in [0.4, 0.5) is 0 Å². The van der Waals surface area contributed by atoms with E-state index in [0.717, 1.165) is 29.7 Å². The fourth-order valence-electron chi connectivity index (χ4n) is 3.52. The van der Waals surface area contributed by atoms with Crippen LogP contribution in [0.1, 0.15) is 30.4 Å². The number of hydrogen-bond acceptors (Lipinski definition) is 3. The number of likely N-dealkylation sites (tertiary alicyclic amines) is 1. The highest BCUT2D eigenvalue weighted by Crippen LogP contribution is 2.32. The van der Waals surface area contributed by atoms with Gasteiger partial charge in [-0.05, 0) is 36.1 Å². The van der Waals surface area contributed by atoms with Crippen molar-refractivity contribution in [1.82, 2.24) is 10.2 Å². The average Bonchev–Trinajstić information content (AvgIpc) is 3.47. The van der Waals surface area contributed by atoms with Gasteiger partial charge in [-0.3, -0.25) is 9.59 Å². The SMILES string of the molecule is O=C(NCc1ccccc1COc1ccccc1)[C@@H]1CC(=O)N(C2CC2)C1. The zero-order chi connectivity index (χ0) is 18.6. The maximum Gasteiger partial charge on any atom is 0.225 e. The van der Waals surface area contributed by atoms with Gasteiger partial charge < -0.3 is 15.0 Å². The Morgan fingerprint density at radius 1 is 1.04 bits per heavy atom. The largest absolute Gasteiger partial charge is 0.489 e. The highest BCUT2D eigenvalue weighted by Gasteiger charge is 2.41. The summed E-state index contributed by atoms with van der Waals surface area (Å²) in [5.41, 5.74) is 2.08. The van der Waals surface area contributed by atoms with Crippen LogP contribution >= 0.6 is 0 Å². The molecule has 140 valence electrons. The van der Waals surface area contributed by atoms with Gasteiger partial charge in [-0.2, -0.15) is 0 Å². The summed E-state index contributed by atoms with van der Waals surface area (Å²) in [5.74, 6) is 0.673. The topological polar surface area (TPSA) is 58.6 Å². The minimum absolute atomic E-state index is 0.0368. The van der Waals surface area contributed by atoms with Crippen LogP contribution < -0.4 is 10.1 Å². The summed E-state index contributed by atoms with van der Waals surface area (Å²) in [7, 11) is 0. The van der Waals surface area contributed by atoms with Crippen molar-refractivity contribution in [2.45, 2.75) is 38.5 Å². The van der Waals surface area contributed by atoms with Crippen LogP contribution in [0.25, 0.3) is 0 Å². The highest BCUT2D eigenvalue weighted by molar-refractivity contribution is 5.89. The normalized spacial score (nSPS) is 19.2. The number of benzene rings is 2. The van der Waals surface area contributed by atoms with Crippen LogP contribution in [0.15, 0.2) is 54.6 Å². The summed E-state index contributed by atoms with van der Waals surface area (Å²) in [6.45, 7) is 1.46. The predicted molar refractivity (Wildman–Crippen MR) is 102 cm³/mol. The molecular formula is C22H24N2O3. The van der Waals surface area contributed by atoms with E-state index in [2.05, 4.69) is 5.32 Å². The third-order valence-corrected chi connectivity index (χ3v) is 5.23. The molecule has 2 aromatic carbocycles. The summed E-state index contributed by atoms with van der Waals surface area (Å²) < 4.78 is 5.84. The van der Waals surface area contributed by atoms with Gasteiger partial charge in [-0.15, -0.1) is 0 Å². The Kier molecular flexibility index (Phi) is 5.10. The number of para-hydroxylation sites is 1. The van der Waals surface area contributed by atoms with Crippen molar-refractivity contribution < 1.29 is 14.3 Å². The third kappa shape index (κ3) is 4.30. The first-order valence-electron chi connectivity index (χ1n) is 9.52. The Bertz CT molecular complexity index is 817. The van der Waals surface area contributed by atoms with Gasteiger partial charge in [0.05, 0.1) is 5.92 Å². The van der Waals surface area contributed by atoms with Crippen molar-refractivity contribution in [3.05, 3.63) is 65.7 Å². The van der Waals surface area contributed by atoms with Crippen LogP contribution in [-0.4, -0.2) is 29.3 Å². The van der Waals surface area contributed by atoms with Gasteiger partial charge in [0, 0.05) is 25.6 Å². The quantitative estimate of drug-likeness (QED) is 0.822.